The SMILES string of the molecule is Cc1csc(NC(=O)CSc2nc(N)cc(N)n2)n1. The Hall–Kier alpha value is -1.87. The van der Waals surface area contributed by atoms with Gasteiger partial charge in [-0.3, -0.25) is 4.79 Å². The first-order valence-electron chi connectivity index (χ1n) is 5.28. The van der Waals surface area contributed by atoms with Gasteiger partial charge in [-0.05, 0) is 6.92 Å². The summed E-state index contributed by atoms with van der Waals surface area (Å²) in [6, 6.07) is 1.46. The van der Waals surface area contributed by atoms with Crippen LogP contribution in [0.1, 0.15) is 5.69 Å². The van der Waals surface area contributed by atoms with Crippen molar-refractivity contribution < 1.29 is 4.79 Å². The van der Waals surface area contributed by atoms with Gasteiger partial charge in [0.2, 0.25) is 5.91 Å². The Morgan fingerprint density at radius 1 is 1.37 bits per heavy atom. The monoisotopic (exact) mass is 296 g/mol. The van der Waals surface area contributed by atoms with Crippen LogP contribution in [0.3, 0.4) is 0 Å². The van der Waals surface area contributed by atoms with Gasteiger partial charge in [-0.25, -0.2) is 15.0 Å². The number of nitrogens with two attached hydrogens (primary N) is 2. The zero-order valence-corrected chi connectivity index (χ0v) is 11.7. The first kappa shape index (κ1) is 13.6. The first-order valence-corrected chi connectivity index (χ1v) is 7.14. The van der Waals surface area contributed by atoms with Crippen LogP contribution in [0.2, 0.25) is 0 Å². The summed E-state index contributed by atoms with van der Waals surface area (Å²) in [6.07, 6.45) is 0. The predicted molar refractivity (Wildman–Crippen MR) is 77.1 cm³/mol. The van der Waals surface area contributed by atoms with Crippen LogP contribution in [0.5, 0.6) is 0 Å². The van der Waals surface area contributed by atoms with E-state index < -0.39 is 0 Å². The second kappa shape index (κ2) is 5.85. The lowest BCUT2D eigenvalue weighted by atomic mass is 10.5. The summed E-state index contributed by atoms with van der Waals surface area (Å²) in [4.78, 5) is 23.8. The molecule has 0 aliphatic heterocycles. The first-order chi connectivity index (χ1) is 9.02. The number of rotatable bonds is 4. The van der Waals surface area contributed by atoms with Gasteiger partial charge in [-0.15, -0.1) is 11.3 Å². The van der Waals surface area contributed by atoms with Gasteiger partial charge < -0.3 is 16.8 Å². The summed E-state index contributed by atoms with van der Waals surface area (Å²) in [5.74, 6) is 0.558. The molecule has 2 rings (SSSR count). The van der Waals surface area contributed by atoms with E-state index in [0.717, 1.165) is 5.69 Å². The number of anilines is 3. The number of nitrogens with one attached hydrogen (secondary N) is 1. The molecule has 0 spiro atoms. The number of aryl methyl sites for hydroxylation is 1. The minimum absolute atomic E-state index is 0.168. The van der Waals surface area contributed by atoms with Gasteiger partial charge in [-0.2, -0.15) is 0 Å². The summed E-state index contributed by atoms with van der Waals surface area (Å²) in [5.41, 5.74) is 12.0. The second-order valence-electron chi connectivity index (χ2n) is 3.63. The third-order valence-corrected chi connectivity index (χ3v) is 3.67. The molecule has 7 nitrogen and oxygen atoms in total. The highest BCUT2D eigenvalue weighted by Crippen LogP contribution is 2.18. The number of thiazole rings is 1. The third kappa shape index (κ3) is 4.07. The molecule has 9 heteroatoms. The van der Waals surface area contributed by atoms with Crippen LogP contribution in [-0.2, 0) is 4.79 Å². The van der Waals surface area contributed by atoms with Gasteiger partial charge in [0.15, 0.2) is 10.3 Å². The molecule has 2 heterocycles. The maximum Gasteiger partial charge on any atom is 0.236 e. The lowest BCUT2D eigenvalue weighted by molar-refractivity contribution is -0.113. The fourth-order valence-corrected chi connectivity index (χ4v) is 2.60. The molecular weight excluding hydrogens is 284 g/mol. The van der Waals surface area contributed by atoms with E-state index in [1.165, 1.54) is 29.2 Å². The van der Waals surface area contributed by atoms with Gasteiger partial charge in [0.05, 0.1) is 11.4 Å². The van der Waals surface area contributed by atoms with E-state index in [4.69, 9.17) is 11.5 Å². The zero-order chi connectivity index (χ0) is 13.8. The molecule has 2 aromatic heterocycles. The number of nitrogens with zero attached hydrogens (tertiary/aromatic N) is 3. The van der Waals surface area contributed by atoms with Gasteiger partial charge in [0.1, 0.15) is 11.6 Å². The average molecular weight is 296 g/mol. The topological polar surface area (TPSA) is 120 Å². The zero-order valence-electron chi connectivity index (χ0n) is 10.1. The Morgan fingerprint density at radius 2 is 2.05 bits per heavy atom. The molecule has 100 valence electrons. The van der Waals surface area contributed by atoms with Crippen molar-refractivity contribution in [3.63, 3.8) is 0 Å². The smallest absolute Gasteiger partial charge is 0.236 e. The van der Waals surface area contributed by atoms with Crippen molar-refractivity contribution in [3.8, 4) is 0 Å². The van der Waals surface area contributed by atoms with Gasteiger partial charge >= 0.3 is 0 Å². The van der Waals surface area contributed by atoms with Crippen LogP contribution in [-0.4, -0.2) is 26.6 Å². The maximum absolute atomic E-state index is 11.7. The molecule has 2 aromatic rings. The van der Waals surface area contributed by atoms with Crippen LogP contribution in [0.25, 0.3) is 0 Å². The molecule has 0 saturated carbocycles. The minimum Gasteiger partial charge on any atom is -0.383 e. The molecule has 0 saturated heterocycles. The molecule has 0 fully saturated rings. The normalized spacial score (nSPS) is 10.4. The number of aromatic nitrogens is 3. The minimum atomic E-state index is -0.177. The van der Waals surface area contributed by atoms with Crippen molar-refractivity contribution in [2.45, 2.75) is 12.1 Å². The highest BCUT2D eigenvalue weighted by atomic mass is 32.2. The van der Waals surface area contributed by atoms with Crippen LogP contribution >= 0.6 is 23.1 Å². The second-order valence-corrected chi connectivity index (χ2v) is 5.43. The number of hydrogen-bond donors (Lipinski definition) is 3. The van der Waals surface area contributed by atoms with E-state index >= 15 is 0 Å². The molecule has 19 heavy (non-hydrogen) atoms. The molecule has 5 N–H and O–H groups in total. The fourth-order valence-electron chi connectivity index (χ4n) is 1.22. The van der Waals surface area contributed by atoms with Crippen molar-refractivity contribution in [2.24, 2.45) is 0 Å². The molecule has 0 aromatic carbocycles. The predicted octanol–water partition coefficient (Wildman–Crippen LogP) is 1.14. The number of hydrogen-bond acceptors (Lipinski definition) is 8. The Bertz CT molecular complexity index is 579. The Labute approximate surface area is 117 Å². The highest BCUT2D eigenvalue weighted by Gasteiger charge is 2.08. The Morgan fingerprint density at radius 3 is 2.63 bits per heavy atom. The lowest BCUT2D eigenvalue weighted by Crippen LogP contribution is -2.14. The van der Waals surface area contributed by atoms with Crippen LogP contribution in [0.15, 0.2) is 16.6 Å². The highest BCUT2D eigenvalue weighted by molar-refractivity contribution is 7.99. The number of amides is 1. The summed E-state index contributed by atoms with van der Waals surface area (Å²) in [7, 11) is 0. The van der Waals surface area contributed by atoms with E-state index in [9.17, 15) is 4.79 Å². The summed E-state index contributed by atoms with van der Waals surface area (Å²) < 4.78 is 0. The fraction of sp³-hybridized carbons (Fsp3) is 0.200. The molecule has 1 amide bonds. The number of thioether (sulfide) groups is 1. The Kier molecular flexibility index (Phi) is 4.17. The third-order valence-electron chi connectivity index (χ3n) is 1.94. The van der Waals surface area contributed by atoms with E-state index in [1.54, 1.807) is 0 Å². The van der Waals surface area contributed by atoms with Crippen molar-refractivity contribution >= 4 is 45.8 Å². The molecule has 0 unspecified atom stereocenters. The quantitative estimate of drug-likeness (QED) is 0.571. The Balaban J connectivity index is 1.89. The molecule has 0 aliphatic carbocycles. The van der Waals surface area contributed by atoms with E-state index in [2.05, 4.69) is 20.3 Å². The molecular formula is C10H12N6OS2. The van der Waals surface area contributed by atoms with E-state index in [0.29, 0.717) is 10.3 Å². The largest absolute Gasteiger partial charge is 0.383 e. The van der Waals surface area contributed by atoms with E-state index in [1.807, 2.05) is 12.3 Å². The van der Waals surface area contributed by atoms with Crippen LogP contribution < -0.4 is 16.8 Å². The molecule has 0 atom stereocenters. The van der Waals surface area contributed by atoms with Crippen molar-refractivity contribution in [1.82, 2.24) is 15.0 Å². The summed E-state index contributed by atoms with van der Waals surface area (Å²) in [5, 5.41) is 5.51. The van der Waals surface area contributed by atoms with Gasteiger partial charge in [0, 0.05) is 11.4 Å². The number of carbonyl (C=O) groups is 1. The molecule has 0 bridgehead atoms. The van der Waals surface area contributed by atoms with Gasteiger partial charge in [-0.1, -0.05) is 11.8 Å². The van der Waals surface area contributed by atoms with Crippen LogP contribution in [0, 0.1) is 6.92 Å². The number of carbonyl (C=O) groups excluding carboxylic acids is 1. The van der Waals surface area contributed by atoms with Crippen molar-refractivity contribution in [1.29, 1.82) is 0 Å². The van der Waals surface area contributed by atoms with Gasteiger partial charge in [0.25, 0.3) is 0 Å². The van der Waals surface area contributed by atoms with Crippen molar-refractivity contribution in [2.75, 3.05) is 22.5 Å². The summed E-state index contributed by atoms with van der Waals surface area (Å²) >= 11 is 2.55. The average Bonchev–Trinajstić information content (AvgIpc) is 2.71. The maximum atomic E-state index is 11.7. The molecule has 0 radical (unpaired) electrons. The summed E-state index contributed by atoms with van der Waals surface area (Å²) in [6.45, 7) is 1.87. The van der Waals surface area contributed by atoms with Crippen molar-refractivity contribution in [3.05, 3.63) is 17.1 Å². The molecule has 0 aliphatic rings. The number of nitrogen functional groups attached to an aromatic ring is 2. The lowest BCUT2D eigenvalue weighted by Gasteiger charge is -2.02. The standard InChI is InChI=1S/C10H12N6OS2/c1-5-3-18-9(13-5)16-8(17)4-19-10-14-6(11)2-7(12)15-10/h2-3H,4H2,1H3,(H,13,16,17)(H4,11,12,14,15). The van der Waals surface area contributed by atoms with E-state index in [-0.39, 0.29) is 23.3 Å². The van der Waals surface area contributed by atoms with Crippen LogP contribution in [0.4, 0.5) is 16.8 Å².